The number of fused-ring (bicyclic) bond motifs is 2. The number of carbonyl (C=O) groups is 2. The van der Waals surface area contributed by atoms with Crippen molar-refractivity contribution in [3.63, 3.8) is 0 Å². The first-order chi connectivity index (χ1) is 17.4. The van der Waals surface area contributed by atoms with Crippen molar-refractivity contribution in [3.8, 4) is 0 Å². The largest absolute Gasteiger partial charge is 0.394 e. The molecule has 2 fully saturated rings. The number of likely N-dealkylation sites (tertiary alicyclic amines) is 1. The number of aliphatic hydroxyl groups excluding tert-OH is 1. The van der Waals surface area contributed by atoms with E-state index in [1.165, 1.54) is 12.1 Å². The summed E-state index contributed by atoms with van der Waals surface area (Å²) in [4.78, 5) is 42.1. The maximum Gasteiger partial charge on any atom is 0.247 e. The molecule has 2 saturated heterocycles. The Hall–Kier alpha value is -3.57. The average molecular weight is 496 g/mol. The lowest BCUT2D eigenvalue weighted by Crippen LogP contribution is -2.55. The van der Waals surface area contributed by atoms with E-state index in [4.69, 9.17) is 0 Å². The van der Waals surface area contributed by atoms with Crippen molar-refractivity contribution < 1.29 is 19.1 Å². The summed E-state index contributed by atoms with van der Waals surface area (Å²) in [6.45, 7) is 2.22. The first kappa shape index (κ1) is 24.1. The van der Waals surface area contributed by atoms with Gasteiger partial charge >= 0.3 is 0 Å². The van der Waals surface area contributed by atoms with Crippen LogP contribution in [0.5, 0.6) is 0 Å². The third-order valence-corrected chi connectivity index (χ3v) is 7.42. The number of amides is 2. The second-order valence-electron chi connectivity index (χ2n) is 9.37. The fourth-order valence-corrected chi connectivity index (χ4v) is 5.53. The SMILES string of the molecule is CNC(C)C(=O)NC(CO)C(=O)N1CCC2C1C(c1c[nH]c3cc(F)ccc13)CN2c1ncccn1. The van der Waals surface area contributed by atoms with Crippen LogP contribution in [0.15, 0.2) is 42.9 Å². The van der Waals surface area contributed by atoms with Crippen LogP contribution in [-0.2, 0) is 9.59 Å². The Bertz CT molecular complexity index is 1250. The Morgan fingerprint density at radius 1 is 1.31 bits per heavy atom. The van der Waals surface area contributed by atoms with Crippen LogP contribution in [0.1, 0.15) is 24.8 Å². The van der Waals surface area contributed by atoms with E-state index in [9.17, 15) is 19.1 Å². The number of benzene rings is 1. The van der Waals surface area contributed by atoms with Crippen molar-refractivity contribution in [1.29, 1.82) is 0 Å². The van der Waals surface area contributed by atoms with Crippen LogP contribution in [0.25, 0.3) is 10.9 Å². The summed E-state index contributed by atoms with van der Waals surface area (Å²) in [6, 6.07) is 4.57. The number of halogens is 1. The topological polar surface area (TPSA) is 126 Å². The zero-order valence-corrected chi connectivity index (χ0v) is 20.2. The molecule has 5 rings (SSSR count). The summed E-state index contributed by atoms with van der Waals surface area (Å²) >= 11 is 0. The highest BCUT2D eigenvalue weighted by atomic mass is 19.1. The average Bonchev–Trinajstić information content (AvgIpc) is 3.60. The Labute approximate surface area is 207 Å². The molecule has 0 spiro atoms. The minimum atomic E-state index is -1.05. The maximum absolute atomic E-state index is 13.8. The molecular formula is C25H30FN7O3. The number of nitrogens with zero attached hydrogens (tertiary/aromatic N) is 4. The highest BCUT2D eigenvalue weighted by molar-refractivity contribution is 5.90. The van der Waals surface area contributed by atoms with Crippen LogP contribution < -0.4 is 15.5 Å². The van der Waals surface area contributed by atoms with Crippen molar-refractivity contribution in [2.24, 2.45) is 0 Å². The molecule has 2 aromatic heterocycles. The van der Waals surface area contributed by atoms with E-state index in [1.54, 1.807) is 43.4 Å². The molecule has 4 heterocycles. The molecule has 2 amide bonds. The van der Waals surface area contributed by atoms with Crippen LogP contribution in [0.3, 0.4) is 0 Å². The first-order valence-electron chi connectivity index (χ1n) is 12.1. The number of nitrogens with one attached hydrogen (secondary N) is 3. The Morgan fingerprint density at radius 2 is 2.08 bits per heavy atom. The van der Waals surface area contributed by atoms with E-state index < -0.39 is 18.7 Å². The molecule has 190 valence electrons. The lowest BCUT2D eigenvalue weighted by atomic mass is 9.91. The number of likely N-dealkylation sites (N-methyl/N-ethyl adjacent to an activating group) is 1. The third-order valence-electron chi connectivity index (χ3n) is 7.42. The Kier molecular flexibility index (Phi) is 6.59. The van der Waals surface area contributed by atoms with Gasteiger partial charge in [-0.3, -0.25) is 9.59 Å². The van der Waals surface area contributed by atoms with Crippen LogP contribution >= 0.6 is 0 Å². The number of rotatable bonds is 7. The maximum atomic E-state index is 13.8. The molecule has 4 N–H and O–H groups in total. The van der Waals surface area contributed by atoms with E-state index in [0.29, 0.717) is 31.0 Å². The van der Waals surface area contributed by atoms with Gasteiger partial charge in [-0.2, -0.15) is 0 Å². The van der Waals surface area contributed by atoms with Gasteiger partial charge in [-0.25, -0.2) is 14.4 Å². The molecule has 0 radical (unpaired) electrons. The molecule has 2 aliphatic heterocycles. The number of H-pyrrole nitrogens is 1. The fourth-order valence-electron chi connectivity index (χ4n) is 5.53. The van der Waals surface area contributed by atoms with Gasteiger partial charge in [0.2, 0.25) is 17.8 Å². The number of aromatic nitrogens is 3. The number of aromatic amines is 1. The normalized spacial score (nSPS) is 23.1. The van der Waals surface area contributed by atoms with Gasteiger partial charge < -0.3 is 30.5 Å². The summed E-state index contributed by atoms with van der Waals surface area (Å²) in [5, 5.41) is 16.4. The van der Waals surface area contributed by atoms with Gasteiger partial charge in [0.1, 0.15) is 11.9 Å². The molecule has 5 atom stereocenters. The number of anilines is 1. The minimum absolute atomic E-state index is 0.0435. The molecule has 2 aliphatic rings. The van der Waals surface area contributed by atoms with Gasteiger partial charge in [-0.05, 0) is 50.2 Å². The number of aliphatic hydroxyl groups is 1. The van der Waals surface area contributed by atoms with Crippen molar-refractivity contribution in [3.05, 3.63) is 54.2 Å². The van der Waals surface area contributed by atoms with E-state index in [0.717, 1.165) is 10.9 Å². The summed E-state index contributed by atoms with van der Waals surface area (Å²) in [5.41, 5.74) is 1.67. The van der Waals surface area contributed by atoms with E-state index in [2.05, 4.69) is 30.5 Å². The van der Waals surface area contributed by atoms with Crippen molar-refractivity contribution in [2.75, 3.05) is 31.6 Å². The first-order valence-corrected chi connectivity index (χ1v) is 12.1. The van der Waals surface area contributed by atoms with Crippen molar-refractivity contribution >= 4 is 28.7 Å². The van der Waals surface area contributed by atoms with Gasteiger partial charge in [-0.15, -0.1) is 0 Å². The molecule has 0 bridgehead atoms. The van der Waals surface area contributed by atoms with Crippen molar-refractivity contribution in [2.45, 2.75) is 43.4 Å². The third kappa shape index (κ3) is 4.18. The fraction of sp³-hybridized carbons (Fsp3) is 0.440. The molecule has 10 nitrogen and oxygen atoms in total. The summed E-state index contributed by atoms with van der Waals surface area (Å²) in [7, 11) is 1.65. The van der Waals surface area contributed by atoms with Crippen LogP contribution in [0, 0.1) is 5.82 Å². The molecule has 0 saturated carbocycles. The van der Waals surface area contributed by atoms with Crippen LogP contribution in [0.4, 0.5) is 10.3 Å². The minimum Gasteiger partial charge on any atom is -0.394 e. The van der Waals surface area contributed by atoms with Gasteiger partial charge in [0.25, 0.3) is 0 Å². The molecule has 3 aromatic rings. The van der Waals surface area contributed by atoms with Crippen LogP contribution in [0.2, 0.25) is 0 Å². The molecule has 5 unspecified atom stereocenters. The second-order valence-corrected chi connectivity index (χ2v) is 9.37. The lowest BCUT2D eigenvalue weighted by molar-refractivity contribution is -0.138. The smallest absolute Gasteiger partial charge is 0.247 e. The quantitative estimate of drug-likeness (QED) is 0.381. The predicted octanol–water partition coefficient (Wildman–Crippen LogP) is 0.755. The van der Waals surface area contributed by atoms with Gasteiger partial charge in [-0.1, -0.05) is 0 Å². The summed E-state index contributed by atoms with van der Waals surface area (Å²) < 4.78 is 13.8. The monoisotopic (exact) mass is 495 g/mol. The Balaban J connectivity index is 1.50. The van der Waals surface area contributed by atoms with Gasteiger partial charge in [0, 0.05) is 48.5 Å². The highest BCUT2D eigenvalue weighted by Crippen LogP contribution is 2.44. The zero-order chi connectivity index (χ0) is 25.4. The van der Waals surface area contributed by atoms with Crippen molar-refractivity contribution in [1.82, 2.24) is 30.5 Å². The van der Waals surface area contributed by atoms with E-state index in [1.807, 2.05) is 6.20 Å². The molecule has 0 aliphatic carbocycles. The van der Waals surface area contributed by atoms with Crippen LogP contribution in [-0.4, -0.2) is 87.7 Å². The molecular weight excluding hydrogens is 465 g/mol. The molecule has 1 aromatic carbocycles. The number of hydrogen-bond donors (Lipinski definition) is 4. The van der Waals surface area contributed by atoms with E-state index in [-0.39, 0.29) is 35.6 Å². The summed E-state index contributed by atoms with van der Waals surface area (Å²) in [6.07, 6.45) is 5.96. The summed E-state index contributed by atoms with van der Waals surface area (Å²) in [5.74, 6) is -0.537. The van der Waals surface area contributed by atoms with Gasteiger partial charge in [0.05, 0.1) is 24.7 Å². The van der Waals surface area contributed by atoms with E-state index >= 15 is 0 Å². The molecule has 36 heavy (non-hydrogen) atoms. The zero-order valence-electron chi connectivity index (χ0n) is 20.2. The number of hydrogen-bond acceptors (Lipinski definition) is 7. The highest BCUT2D eigenvalue weighted by Gasteiger charge is 2.52. The lowest BCUT2D eigenvalue weighted by Gasteiger charge is -2.31. The Morgan fingerprint density at radius 3 is 2.81 bits per heavy atom. The standard InChI is InChI=1S/C25H30FN7O3/c1-14(27-2)23(35)31-20(13-34)24(36)32-9-6-21-22(32)18(12-33(21)25-28-7-3-8-29-25)17-11-30-19-10-15(26)4-5-16(17)19/h3-5,7-8,10-11,14,18,20-22,27,30,34H,6,9,12-13H2,1-2H3,(H,31,35). The predicted molar refractivity (Wildman–Crippen MR) is 132 cm³/mol. The van der Waals surface area contributed by atoms with Gasteiger partial charge in [0.15, 0.2) is 0 Å². The molecule has 11 heteroatoms. The second kappa shape index (κ2) is 9.82. The number of carbonyl (C=O) groups excluding carboxylic acids is 2.